The van der Waals surface area contributed by atoms with E-state index >= 15 is 0 Å². The van der Waals surface area contributed by atoms with Crippen molar-refractivity contribution in [3.05, 3.63) is 29.5 Å². The van der Waals surface area contributed by atoms with Crippen LogP contribution in [0.1, 0.15) is 52.5 Å². The molecule has 0 aliphatic rings. The summed E-state index contributed by atoms with van der Waals surface area (Å²) < 4.78 is 22.0. The predicted octanol–water partition coefficient (Wildman–Crippen LogP) is 5.68. The summed E-state index contributed by atoms with van der Waals surface area (Å²) in [4.78, 5) is 11.3. The molecule has 0 saturated heterocycles. The van der Waals surface area contributed by atoms with Crippen molar-refractivity contribution in [2.45, 2.75) is 65.5 Å². The molecule has 1 unspecified atom stereocenters. The maximum Gasteiger partial charge on any atom is 0.161 e. The molecule has 1 rings (SSSR count). The monoisotopic (exact) mass is 740 g/mol. The Morgan fingerprint density at radius 1 is 1.03 bits per heavy atom. The second-order valence-electron chi connectivity index (χ2n) is 9.11. The van der Waals surface area contributed by atoms with Crippen LogP contribution in [-0.4, -0.2) is 45.9 Å². The first-order valence-electron chi connectivity index (χ1n) is 11.5. The van der Waals surface area contributed by atoms with Gasteiger partial charge in [-0.3, -0.25) is 6.29 Å². The summed E-state index contributed by atoms with van der Waals surface area (Å²) in [5, 5.41) is 0. The van der Waals surface area contributed by atoms with Crippen molar-refractivity contribution in [3.63, 3.8) is 0 Å². The minimum Gasteiger partial charge on any atom is -0.673 e. The Balaban J connectivity index is 0. The fourth-order valence-corrected chi connectivity index (χ4v) is 4.04. The number of methoxy groups -OCH3 is 2. The Morgan fingerprint density at radius 2 is 1.71 bits per heavy atom. The van der Waals surface area contributed by atoms with Crippen molar-refractivity contribution in [3.8, 4) is 11.5 Å². The molecule has 0 fully saturated rings. The summed E-state index contributed by atoms with van der Waals surface area (Å²) in [6, 6.07) is 5.63. The van der Waals surface area contributed by atoms with Gasteiger partial charge < -0.3 is 29.3 Å². The first kappa shape index (κ1) is 36.7. The van der Waals surface area contributed by atoms with Gasteiger partial charge in [-0.2, -0.15) is 0 Å². The van der Waals surface area contributed by atoms with E-state index in [0.29, 0.717) is 43.6 Å². The third kappa shape index (κ3) is 13.2. The van der Waals surface area contributed by atoms with Crippen molar-refractivity contribution in [2.75, 3.05) is 27.4 Å². The molecular weight excluding hydrogens is 698 g/mol. The van der Waals surface area contributed by atoms with Gasteiger partial charge in [-0.1, -0.05) is 46.1 Å². The van der Waals surface area contributed by atoms with Crippen LogP contribution in [0, 0.1) is 23.7 Å². The summed E-state index contributed by atoms with van der Waals surface area (Å²) in [7, 11) is 5.60. The van der Waals surface area contributed by atoms with E-state index in [1.807, 2.05) is 26.0 Å². The van der Waals surface area contributed by atoms with E-state index in [0.717, 1.165) is 24.2 Å². The Morgan fingerprint density at radius 3 is 2.21 bits per heavy atom. The van der Waals surface area contributed by atoms with Crippen molar-refractivity contribution >= 4 is 15.8 Å². The second kappa shape index (κ2) is 20.6. The van der Waals surface area contributed by atoms with Gasteiger partial charge in [-0.25, -0.2) is 0 Å². The maximum absolute atomic E-state index is 11.3. The number of ether oxygens (including phenoxy) is 3. The summed E-state index contributed by atoms with van der Waals surface area (Å²) in [6.45, 7) is 9.61. The molecule has 0 spiro atoms. The van der Waals surface area contributed by atoms with Crippen LogP contribution >= 0.6 is 9.47 Å². The summed E-state index contributed by atoms with van der Waals surface area (Å²) in [5.41, 5.74) is 9.90. The van der Waals surface area contributed by atoms with Gasteiger partial charge in [0.2, 0.25) is 0 Å². The molecule has 0 amide bonds. The van der Waals surface area contributed by atoms with Gasteiger partial charge in [0, 0.05) is 89.5 Å². The zero-order chi connectivity index (χ0) is 24.1. The number of nitrogens with one attached hydrogen (secondary N) is 1. The zero-order valence-corrected chi connectivity index (χ0v) is 28.5. The fourth-order valence-electron chi connectivity index (χ4n) is 3.74. The van der Waals surface area contributed by atoms with Crippen LogP contribution in [-0.2, 0) is 74.3 Å². The zero-order valence-electron chi connectivity index (χ0n) is 21.5. The molecule has 0 aliphatic heterocycles. The third-order valence-corrected chi connectivity index (χ3v) is 6.39. The van der Waals surface area contributed by atoms with Crippen LogP contribution in [0.2, 0.25) is 0 Å². The first-order chi connectivity index (χ1) is 15.3. The molecular formula is C25H42NO5PWY-2. The molecule has 0 saturated carbocycles. The van der Waals surface area contributed by atoms with Gasteiger partial charge in [0.15, 0.2) is 11.5 Å². The standard InChI is InChI=1S/C25H42NO5P.W.Y/c1-17(2)20(14-22(26)24(31-32)15-21(16-27)18(3)4)12-19-8-9-23(29-6)25(13-19)30-11-7-10-28-5;;/h8-9,13,17-18,20-22,24,26H,7,10-12,14-15,32H2,1-6H3;;/q-2;;/t20-,21+,22-,24-;;/m0../s1. The first-order valence-corrected chi connectivity index (χ1v) is 12.0. The van der Waals surface area contributed by atoms with E-state index in [-0.39, 0.29) is 71.7 Å². The van der Waals surface area contributed by atoms with Gasteiger partial charge >= 0.3 is 0 Å². The number of hydrogen-bond acceptors (Lipinski definition) is 5. The Hall–Kier alpha value is 0.592. The Bertz CT molecular complexity index is 668. The van der Waals surface area contributed by atoms with Crippen LogP contribution < -0.4 is 9.47 Å². The van der Waals surface area contributed by atoms with E-state index in [1.54, 1.807) is 14.2 Å². The molecule has 1 radical (unpaired) electrons. The van der Waals surface area contributed by atoms with Gasteiger partial charge in [-0.15, -0.1) is 12.0 Å². The molecule has 0 heterocycles. The number of hydrogen-bond donors (Lipinski definition) is 0. The normalized spacial score (nSPS) is 14.5. The van der Waals surface area contributed by atoms with E-state index in [2.05, 4.69) is 35.7 Å². The topological polar surface area (TPSA) is 77.8 Å². The minimum atomic E-state index is -0.419. The SMILES string of the molecule is COCCCOc1cc(C[C@@H](C[C@H]([NH-])[C@H](C[C@H]([C-]=O)C(C)C)OP)C(C)C)ccc1OC.[W].[Y]. The molecule has 34 heavy (non-hydrogen) atoms. The predicted molar refractivity (Wildman–Crippen MR) is 133 cm³/mol. The molecule has 0 aromatic heterocycles. The number of carbonyl (C=O) groups excluding carboxylic acids is 1. The van der Waals surface area contributed by atoms with Gasteiger partial charge in [0.05, 0.1) is 13.7 Å². The quantitative estimate of drug-likeness (QED) is 0.117. The number of rotatable bonds is 17. The van der Waals surface area contributed by atoms with Crippen LogP contribution in [0.4, 0.5) is 0 Å². The Labute approximate surface area is 249 Å². The number of benzene rings is 1. The fraction of sp³-hybridized carbons (Fsp3) is 0.720. The third-order valence-electron chi connectivity index (χ3n) is 6.04. The van der Waals surface area contributed by atoms with Gasteiger partial charge in [-0.05, 0) is 42.4 Å². The summed E-state index contributed by atoms with van der Waals surface area (Å²) in [6.07, 6.45) is 4.67. The second-order valence-corrected chi connectivity index (χ2v) is 9.38. The van der Waals surface area contributed by atoms with Gasteiger partial charge in [0.1, 0.15) is 0 Å². The summed E-state index contributed by atoms with van der Waals surface area (Å²) in [5.74, 6) is 2.12. The van der Waals surface area contributed by atoms with Crippen LogP contribution in [0.15, 0.2) is 18.2 Å². The van der Waals surface area contributed by atoms with E-state index in [1.165, 1.54) is 0 Å². The molecule has 5 atom stereocenters. The van der Waals surface area contributed by atoms with Crippen molar-refractivity contribution in [2.24, 2.45) is 23.7 Å². The molecule has 1 aromatic rings. The van der Waals surface area contributed by atoms with Gasteiger partial charge in [0.25, 0.3) is 0 Å². The smallest absolute Gasteiger partial charge is 0.161 e. The molecule has 1 aromatic carbocycles. The summed E-state index contributed by atoms with van der Waals surface area (Å²) >= 11 is 0. The van der Waals surface area contributed by atoms with Crippen LogP contribution in [0.25, 0.3) is 5.73 Å². The molecule has 1 N–H and O–H groups in total. The van der Waals surface area contributed by atoms with Crippen molar-refractivity contribution in [1.82, 2.24) is 0 Å². The van der Waals surface area contributed by atoms with E-state index < -0.39 is 6.04 Å². The average molecular weight is 740 g/mol. The Kier molecular flexibility index (Phi) is 22.3. The largest absolute Gasteiger partial charge is 0.673 e. The van der Waals surface area contributed by atoms with E-state index in [4.69, 9.17) is 24.5 Å². The minimum absolute atomic E-state index is 0. The molecule has 0 bridgehead atoms. The van der Waals surface area contributed by atoms with Crippen molar-refractivity contribution < 1.29 is 77.3 Å². The average Bonchev–Trinajstić information content (AvgIpc) is 2.76. The van der Waals surface area contributed by atoms with E-state index in [9.17, 15) is 4.79 Å². The molecule has 0 aliphatic carbocycles. The molecule has 9 heteroatoms. The molecule has 193 valence electrons. The maximum atomic E-state index is 11.3. The van der Waals surface area contributed by atoms with Crippen LogP contribution in [0.5, 0.6) is 11.5 Å². The van der Waals surface area contributed by atoms with Crippen LogP contribution in [0.3, 0.4) is 0 Å². The molecule has 6 nitrogen and oxygen atoms in total. The van der Waals surface area contributed by atoms with Crippen molar-refractivity contribution in [1.29, 1.82) is 0 Å².